The lowest BCUT2D eigenvalue weighted by atomic mass is 10.3. The first-order valence-electron chi connectivity index (χ1n) is 7.44. The largest absolute Gasteiger partial charge is 0.495 e. The van der Waals surface area contributed by atoms with Gasteiger partial charge in [-0.1, -0.05) is 35.2 Å². The van der Waals surface area contributed by atoms with E-state index in [1.807, 2.05) is 38.1 Å². The quantitative estimate of drug-likeness (QED) is 0.633. The Labute approximate surface area is 153 Å². The van der Waals surface area contributed by atoms with E-state index >= 15 is 0 Å². The van der Waals surface area contributed by atoms with E-state index in [4.69, 9.17) is 4.74 Å². The number of methoxy groups -OCH3 is 1. The van der Waals surface area contributed by atoms with Gasteiger partial charge in [0, 0.05) is 6.04 Å². The lowest BCUT2D eigenvalue weighted by molar-refractivity contribution is -0.117. The van der Waals surface area contributed by atoms with Crippen molar-refractivity contribution in [3.63, 3.8) is 0 Å². The monoisotopic (exact) mass is 381 g/mol. The standard InChI is InChI=1S/C15H19N5O3S2/c1-9(2)16-13(22)18-12(21)8-24-15-20-19-14(25-15)17-10-6-4-5-7-11(10)23-3/h4-7,9H,8H2,1-3H3,(H,17,19)(H2,16,18,21,22). The number of para-hydroxylation sites is 2. The summed E-state index contributed by atoms with van der Waals surface area (Å²) in [6.45, 7) is 3.63. The van der Waals surface area contributed by atoms with E-state index in [1.54, 1.807) is 7.11 Å². The van der Waals surface area contributed by atoms with Crippen molar-refractivity contribution in [1.82, 2.24) is 20.8 Å². The number of nitrogens with one attached hydrogen (secondary N) is 3. The highest BCUT2D eigenvalue weighted by molar-refractivity contribution is 8.01. The van der Waals surface area contributed by atoms with Crippen LogP contribution >= 0.6 is 23.1 Å². The van der Waals surface area contributed by atoms with Crippen molar-refractivity contribution in [2.75, 3.05) is 18.2 Å². The zero-order valence-corrected chi connectivity index (χ0v) is 15.7. The Bertz CT molecular complexity index is 735. The van der Waals surface area contributed by atoms with Gasteiger partial charge in [0.2, 0.25) is 11.0 Å². The third kappa shape index (κ3) is 6.24. The van der Waals surface area contributed by atoms with Crippen LogP contribution in [-0.2, 0) is 4.79 Å². The minimum Gasteiger partial charge on any atom is -0.495 e. The van der Waals surface area contributed by atoms with E-state index in [0.29, 0.717) is 15.2 Å². The molecule has 2 aromatic rings. The third-order valence-corrected chi connectivity index (χ3v) is 4.73. The first kappa shape index (κ1) is 19.0. The normalized spacial score (nSPS) is 10.4. The van der Waals surface area contributed by atoms with Crippen LogP contribution in [0.3, 0.4) is 0 Å². The lowest BCUT2D eigenvalue weighted by Crippen LogP contribution is -2.43. The van der Waals surface area contributed by atoms with Crippen LogP contribution in [0.5, 0.6) is 5.75 Å². The molecule has 0 saturated carbocycles. The molecule has 1 aromatic carbocycles. The van der Waals surface area contributed by atoms with Crippen LogP contribution in [0.15, 0.2) is 28.6 Å². The van der Waals surface area contributed by atoms with Gasteiger partial charge in [-0.25, -0.2) is 4.79 Å². The van der Waals surface area contributed by atoms with Crippen molar-refractivity contribution in [2.45, 2.75) is 24.2 Å². The zero-order valence-electron chi connectivity index (χ0n) is 14.0. The van der Waals surface area contributed by atoms with Crippen LogP contribution in [0.25, 0.3) is 0 Å². The minimum atomic E-state index is -0.503. The third-order valence-electron chi connectivity index (χ3n) is 2.75. The molecule has 1 aromatic heterocycles. The Morgan fingerprint density at radius 1 is 1.28 bits per heavy atom. The fraction of sp³-hybridized carbons (Fsp3) is 0.333. The molecule has 2 rings (SSSR count). The van der Waals surface area contributed by atoms with Crippen molar-refractivity contribution >= 4 is 45.9 Å². The molecule has 134 valence electrons. The number of thioether (sulfide) groups is 1. The highest BCUT2D eigenvalue weighted by Crippen LogP contribution is 2.31. The summed E-state index contributed by atoms with van der Waals surface area (Å²) < 4.78 is 5.89. The van der Waals surface area contributed by atoms with Crippen molar-refractivity contribution in [3.05, 3.63) is 24.3 Å². The Balaban J connectivity index is 1.85. The molecule has 0 atom stereocenters. The van der Waals surface area contributed by atoms with Crippen molar-refractivity contribution in [3.8, 4) is 5.75 Å². The number of urea groups is 1. The van der Waals surface area contributed by atoms with Crippen LogP contribution in [0.2, 0.25) is 0 Å². The molecule has 3 N–H and O–H groups in total. The van der Waals surface area contributed by atoms with Gasteiger partial charge in [-0.2, -0.15) is 0 Å². The molecular weight excluding hydrogens is 362 g/mol. The molecule has 3 amide bonds. The number of carbonyl (C=O) groups is 2. The highest BCUT2D eigenvalue weighted by atomic mass is 32.2. The van der Waals surface area contributed by atoms with Gasteiger partial charge in [0.1, 0.15) is 5.75 Å². The van der Waals surface area contributed by atoms with Gasteiger partial charge in [-0.15, -0.1) is 10.2 Å². The van der Waals surface area contributed by atoms with Gasteiger partial charge in [0.25, 0.3) is 0 Å². The predicted molar refractivity (Wildman–Crippen MR) is 98.7 cm³/mol. The van der Waals surface area contributed by atoms with Crippen molar-refractivity contribution in [2.24, 2.45) is 0 Å². The number of nitrogens with zero attached hydrogens (tertiary/aromatic N) is 2. The van der Waals surface area contributed by atoms with Crippen molar-refractivity contribution < 1.29 is 14.3 Å². The summed E-state index contributed by atoms with van der Waals surface area (Å²) in [6, 6.07) is 6.93. The van der Waals surface area contributed by atoms with E-state index in [2.05, 4.69) is 26.1 Å². The van der Waals surface area contributed by atoms with Crippen LogP contribution in [0, 0.1) is 0 Å². The van der Waals surface area contributed by atoms with Gasteiger partial charge >= 0.3 is 6.03 Å². The van der Waals surface area contributed by atoms with E-state index in [-0.39, 0.29) is 11.8 Å². The smallest absolute Gasteiger partial charge is 0.321 e. The summed E-state index contributed by atoms with van der Waals surface area (Å²) in [4.78, 5) is 23.2. The molecule has 0 spiro atoms. The SMILES string of the molecule is COc1ccccc1Nc1nnc(SCC(=O)NC(=O)NC(C)C)s1. The first-order chi connectivity index (χ1) is 12.0. The maximum absolute atomic E-state index is 11.7. The lowest BCUT2D eigenvalue weighted by Gasteiger charge is -2.08. The second-order valence-electron chi connectivity index (χ2n) is 5.16. The summed E-state index contributed by atoms with van der Waals surface area (Å²) >= 11 is 2.52. The predicted octanol–water partition coefficient (Wildman–Crippen LogP) is 2.62. The molecule has 10 heteroatoms. The topological polar surface area (TPSA) is 105 Å². The van der Waals surface area contributed by atoms with Gasteiger partial charge in [-0.3, -0.25) is 10.1 Å². The molecule has 8 nitrogen and oxygen atoms in total. The number of carbonyl (C=O) groups excluding carboxylic acids is 2. The zero-order chi connectivity index (χ0) is 18.2. The minimum absolute atomic E-state index is 0.0350. The number of imide groups is 1. The van der Waals surface area contributed by atoms with E-state index in [0.717, 1.165) is 5.69 Å². The fourth-order valence-corrected chi connectivity index (χ4v) is 3.33. The summed E-state index contributed by atoms with van der Waals surface area (Å²) in [5.41, 5.74) is 0.779. The van der Waals surface area contributed by atoms with E-state index in [9.17, 15) is 9.59 Å². The molecule has 0 radical (unpaired) electrons. The molecular formula is C15H19N5O3S2. The van der Waals surface area contributed by atoms with Gasteiger partial charge in [0.15, 0.2) is 4.34 Å². The molecule has 0 aliphatic carbocycles. The summed E-state index contributed by atoms with van der Waals surface area (Å²) in [5, 5.41) is 16.6. The summed E-state index contributed by atoms with van der Waals surface area (Å²) in [7, 11) is 1.59. The Morgan fingerprint density at radius 3 is 2.76 bits per heavy atom. The average molecular weight is 381 g/mol. The van der Waals surface area contributed by atoms with Crippen LogP contribution in [0.1, 0.15) is 13.8 Å². The number of rotatable bonds is 7. The number of benzene rings is 1. The molecule has 0 bridgehead atoms. The molecule has 0 fully saturated rings. The number of ether oxygens (including phenoxy) is 1. The Kier molecular flexibility index (Phi) is 7.02. The Hall–Kier alpha value is -2.33. The molecule has 0 aliphatic heterocycles. The highest BCUT2D eigenvalue weighted by Gasteiger charge is 2.12. The molecule has 0 saturated heterocycles. The van der Waals surface area contributed by atoms with Crippen molar-refractivity contribution in [1.29, 1.82) is 0 Å². The van der Waals surface area contributed by atoms with Crippen LogP contribution in [0.4, 0.5) is 15.6 Å². The molecule has 1 heterocycles. The van der Waals surface area contributed by atoms with E-state index < -0.39 is 11.9 Å². The maximum atomic E-state index is 11.7. The summed E-state index contributed by atoms with van der Waals surface area (Å²) in [6.07, 6.45) is 0. The number of aromatic nitrogens is 2. The van der Waals surface area contributed by atoms with Gasteiger partial charge in [-0.05, 0) is 26.0 Å². The number of amides is 3. The first-order valence-corrected chi connectivity index (χ1v) is 9.25. The number of hydrogen-bond acceptors (Lipinski definition) is 8. The molecule has 0 unspecified atom stereocenters. The van der Waals surface area contributed by atoms with E-state index in [1.165, 1.54) is 23.1 Å². The van der Waals surface area contributed by atoms with Crippen LogP contribution < -0.4 is 20.7 Å². The molecule has 25 heavy (non-hydrogen) atoms. The maximum Gasteiger partial charge on any atom is 0.321 e. The fourth-order valence-electron chi connectivity index (χ4n) is 1.77. The van der Waals surface area contributed by atoms with Crippen LogP contribution in [-0.4, -0.2) is 41.0 Å². The average Bonchev–Trinajstić information content (AvgIpc) is 3.00. The van der Waals surface area contributed by atoms with Gasteiger partial charge < -0.3 is 15.4 Å². The Morgan fingerprint density at radius 2 is 2.04 bits per heavy atom. The molecule has 0 aliphatic rings. The summed E-state index contributed by atoms with van der Waals surface area (Å²) in [5.74, 6) is 0.384. The second-order valence-corrected chi connectivity index (χ2v) is 7.36. The van der Waals surface area contributed by atoms with Gasteiger partial charge in [0.05, 0.1) is 18.6 Å². The second kappa shape index (κ2) is 9.23. The number of anilines is 2. The number of hydrogen-bond donors (Lipinski definition) is 3.